The molecule has 1 aliphatic rings. The van der Waals surface area contributed by atoms with Crippen molar-refractivity contribution >= 4 is 28.6 Å². The number of hydrogen-bond donors (Lipinski definition) is 1. The highest BCUT2D eigenvalue weighted by molar-refractivity contribution is 5.91. The fraction of sp³-hybridized carbons (Fsp3) is 0.323. The summed E-state index contributed by atoms with van der Waals surface area (Å²) in [6, 6.07) is 24.1. The molecule has 0 atom stereocenters. The molecule has 1 fully saturated rings. The van der Waals surface area contributed by atoms with Crippen LogP contribution in [0.15, 0.2) is 72.8 Å². The number of fused-ring (bicyclic) bond motifs is 1. The summed E-state index contributed by atoms with van der Waals surface area (Å²) in [5.74, 6) is 2.28. The van der Waals surface area contributed by atoms with E-state index in [1.807, 2.05) is 54.4 Å². The second-order valence-corrected chi connectivity index (χ2v) is 10.2. The maximum Gasteiger partial charge on any atom is 0.227 e. The van der Waals surface area contributed by atoms with Gasteiger partial charge >= 0.3 is 0 Å². The second-order valence-electron chi connectivity index (χ2n) is 10.2. The standard InChI is InChI=1S/C31H35N5O3/c1-35(30-33-25-20-27(39-3)26(38-2)19-24(25)29(32)34-30)21-31(23-12-8-5-9-13-23)14-16-36(17-15-31)28(37)18-22-10-6-4-7-11-22/h4-13,19-20H,14-18,21H2,1-3H3,(H2,32,33,34). The molecule has 39 heavy (non-hydrogen) atoms. The van der Waals surface area contributed by atoms with Gasteiger partial charge in [-0.3, -0.25) is 4.79 Å². The quantitative estimate of drug-likeness (QED) is 0.363. The zero-order chi connectivity index (χ0) is 27.4. The summed E-state index contributed by atoms with van der Waals surface area (Å²) >= 11 is 0. The first-order valence-corrected chi connectivity index (χ1v) is 13.2. The number of carbonyl (C=O) groups excluding carboxylic acids is 1. The Morgan fingerprint density at radius 3 is 2.21 bits per heavy atom. The normalized spacial score (nSPS) is 14.7. The van der Waals surface area contributed by atoms with Gasteiger partial charge in [0.2, 0.25) is 11.9 Å². The van der Waals surface area contributed by atoms with E-state index in [0.717, 1.165) is 18.4 Å². The maximum absolute atomic E-state index is 13.1. The van der Waals surface area contributed by atoms with E-state index in [4.69, 9.17) is 20.2 Å². The predicted molar refractivity (Wildman–Crippen MR) is 154 cm³/mol. The zero-order valence-electron chi connectivity index (χ0n) is 22.8. The van der Waals surface area contributed by atoms with Gasteiger partial charge in [-0.25, -0.2) is 4.98 Å². The van der Waals surface area contributed by atoms with Crippen molar-refractivity contribution in [2.75, 3.05) is 51.5 Å². The SMILES string of the molecule is COc1cc2nc(N(C)CC3(c4ccccc4)CCN(C(=O)Cc4ccccc4)CC3)nc(N)c2cc1OC. The largest absolute Gasteiger partial charge is 0.493 e. The number of nitrogen functional groups attached to an aromatic ring is 1. The Morgan fingerprint density at radius 1 is 0.949 bits per heavy atom. The number of piperidine rings is 1. The summed E-state index contributed by atoms with van der Waals surface area (Å²) in [6.07, 6.45) is 2.11. The average Bonchev–Trinajstić information content (AvgIpc) is 2.97. The molecule has 1 aliphatic heterocycles. The van der Waals surface area contributed by atoms with Crippen LogP contribution in [0.5, 0.6) is 11.5 Å². The summed E-state index contributed by atoms with van der Waals surface area (Å²) in [5.41, 5.74) is 9.21. The Kier molecular flexibility index (Phi) is 7.54. The van der Waals surface area contributed by atoms with E-state index < -0.39 is 0 Å². The summed E-state index contributed by atoms with van der Waals surface area (Å²) in [7, 11) is 5.19. The molecule has 3 aromatic carbocycles. The van der Waals surface area contributed by atoms with E-state index >= 15 is 0 Å². The Balaban J connectivity index is 1.39. The van der Waals surface area contributed by atoms with Crippen molar-refractivity contribution in [3.63, 3.8) is 0 Å². The lowest BCUT2D eigenvalue weighted by molar-refractivity contribution is -0.132. The lowest BCUT2D eigenvalue weighted by Gasteiger charge is -2.44. The van der Waals surface area contributed by atoms with Crippen LogP contribution in [0.3, 0.4) is 0 Å². The smallest absolute Gasteiger partial charge is 0.227 e. The number of methoxy groups -OCH3 is 2. The Bertz CT molecular complexity index is 1440. The molecule has 0 unspecified atom stereocenters. The third kappa shape index (κ3) is 5.46. The van der Waals surface area contributed by atoms with Gasteiger partial charge in [-0.2, -0.15) is 4.98 Å². The van der Waals surface area contributed by atoms with E-state index in [1.54, 1.807) is 20.3 Å². The lowest BCUT2D eigenvalue weighted by atomic mass is 9.72. The van der Waals surface area contributed by atoms with Crippen LogP contribution in [0.1, 0.15) is 24.0 Å². The highest BCUT2D eigenvalue weighted by atomic mass is 16.5. The van der Waals surface area contributed by atoms with E-state index in [0.29, 0.717) is 60.2 Å². The fourth-order valence-corrected chi connectivity index (χ4v) is 5.56. The molecular weight excluding hydrogens is 490 g/mol. The first-order valence-electron chi connectivity index (χ1n) is 13.2. The molecule has 2 heterocycles. The van der Waals surface area contributed by atoms with Gasteiger partial charge in [0.25, 0.3) is 0 Å². The minimum atomic E-state index is -0.162. The van der Waals surface area contributed by atoms with Crippen molar-refractivity contribution in [3.8, 4) is 11.5 Å². The van der Waals surface area contributed by atoms with Crippen LogP contribution < -0.4 is 20.1 Å². The van der Waals surface area contributed by atoms with Gasteiger partial charge < -0.3 is 25.0 Å². The first-order chi connectivity index (χ1) is 18.9. The number of amides is 1. The third-order valence-electron chi connectivity index (χ3n) is 7.76. The summed E-state index contributed by atoms with van der Waals surface area (Å²) in [4.78, 5) is 26.6. The number of rotatable bonds is 8. The van der Waals surface area contributed by atoms with Crippen LogP contribution >= 0.6 is 0 Å². The highest BCUT2D eigenvalue weighted by Gasteiger charge is 2.39. The van der Waals surface area contributed by atoms with Crippen LogP contribution in [-0.4, -0.2) is 61.7 Å². The minimum absolute atomic E-state index is 0.162. The van der Waals surface area contributed by atoms with Gasteiger partial charge in [-0.1, -0.05) is 60.7 Å². The number of hydrogen-bond acceptors (Lipinski definition) is 7. The van der Waals surface area contributed by atoms with E-state index in [1.165, 1.54) is 5.56 Å². The Hall–Kier alpha value is -4.33. The molecule has 4 aromatic rings. The van der Waals surface area contributed by atoms with E-state index in [-0.39, 0.29) is 11.3 Å². The Morgan fingerprint density at radius 2 is 1.56 bits per heavy atom. The van der Waals surface area contributed by atoms with E-state index in [2.05, 4.69) is 34.1 Å². The molecule has 0 spiro atoms. The number of nitrogens with zero attached hydrogens (tertiary/aromatic N) is 4. The number of nitrogens with two attached hydrogens (primary N) is 1. The number of likely N-dealkylation sites (tertiary alicyclic amines) is 1. The van der Waals surface area contributed by atoms with Gasteiger partial charge in [-0.05, 0) is 30.0 Å². The molecule has 202 valence electrons. The van der Waals surface area contributed by atoms with Gasteiger partial charge in [0.15, 0.2) is 11.5 Å². The van der Waals surface area contributed by atoms with Crippen molar-refractivity contribution < 1.29 is 14.3 Å². The number of anilines is 2. The van der Waals surface area contributed by atoms with Crippen molar-refractivity contribution in [2.45, 2.75) is 24.7 Å². The highest BCUT2D eigenvalue weighted by Crippen LogP contribution is 2.38. The summed E-state index contributed by atoms with van der Waals surface area (Å²) in [6.45, 7) is 2.09. The molecule has 8 nitrogen and oxygen atoms in total. The Labute approximate surface area is 229 Å². The zero-order valence-corrected chi connectivity index (χ0v) is 22.8. The van der Waals surface area contributed by atoms with E-state index in [9.17, 15) is 4.79 Å². The topological polar surface area (TPSA) is 93.8 Å². The van der Waals surface area contributed by atoms with Crippen molar-refractivity contribution in [1.29, 1.82) is 0 Å². The molecule has 0 aliphatic carbocycles. The average molecular weight is 526 g/mol. The number of likely N-dealkylation sites (N-methyl/N-ethyl adjacent to an activating group) is 1. The van der Waals surface area contributed by atoms with Gasteiger partial charge in [0.05, 0.1) is 26.2 Å². The number of carbonyl (C=O) groups is 1. The molecule has 1 aromatic heterocycles. The molecule has 5 rings (SSSR count). The van der Waals surface area contributed by atoms with Crippen molar-refractivity contribution in [3.05, 3.63) is 83.9 Å². The molecule has 0 radical (unpaired) electrons. The third-order valence-corrected chi connectivity index (χ3v) is 7.76. The van der Waals surface area contributed by atoms with Crippen LogP contribution in [0, 0.1) is 0 Å². The fourth-order valence-electron chi connectivity index (χ4n) is 5.56. The second kappa shape index (κ2) is 11.2. The number of benzene rings is 3. The van der Waals surface area contributed by atoms with Crippen LogP contribution in [0.2, 0.25) is 0 Å². The molecule has 1 saturated heterocycles. The lowest BCUT2D eigenvalue weighted by Crippen LogP contribution is -2.50. The van der Waals surface area contributed by atoms with Crippen LogP contribution in [0.4, 0.5) is 11.8 Å². The van der Waals surface area contributed by atoms with Gasteiger partial charge in [0, 0.05) is 43.5 Å². The molecular formula is C31H35N5O3. The predicted octanol–water partition coefficient (Wildman–Crippen LogP) is 4.47. The first kappa shape index (κ1) is 26.3. The van der Waals surface area contributed by atoms with Crippen LogP contribution in [-0.2, 0) is 16.6 Å². The van der Waals surface area contributed by atoms with Crippen LogP contribution in [0.25, 0.3) is 10.9 Å². The van der Waals surface area contributed by atoms with Crippen molar-refractivity contribution in [1.82, 2.24) is 14.9 Å². The monoisotopic (exact) mass is 525 g/mol. The molecule has 2 N–H and O–H groups in total. The minimum Gasteiger partial charge on any atom is -0.493 e. The number of aromatic nitrogens is 2. The van der Waals surface area contributed by atoms with Gasteiger partial charge in [0.1, 0.15) is 5.82 Å². The summed E-state index contributed by atoms with van der Waals surface area (Å²) < 4.78 is 10.9. The molecule has 0 saturated carbocycles. The summed E-state index contributed by atoms with van der Waals surface area (Å²) in [5, 5.41) is 0.716. The molecule has 1 amide bonds. The maximum atomic E-state index is 13.1. The molecule has 0 bridgehead atoms. The number of ether oxygens (including phenoxy) is 2. The van der Waals surface area contributed by atoms with Gasteiger partial charge in [-0.15, -0.1) is 0 Å². The molecule has 8 heteroatoms. The van der Waals surface area contributed by atoms with Crippen molar-refractivity contribution in [2.24, 2.45) is 0 Å².